The molecule has 0 atom stereocenters. The molecular formula is C23H19F3N2O3. The third-order valence-corrected chi connectivity index (χ3v) is 4.51. The number of carbonyl (C=O) groups excluding carboxylic acids is 3. The maximum Gasteiger partial charge on any atom is 0.405 e. The zero-order valence-corrected chi connectivity index (χ0v) is 16.3. The van der Waals surface area contributed by atoms with Gasteiger partial charge in [0.15, 0.2) is 5.78 Å². The number of ketones is 1. The average Bonchev–Trinajstić information content (AvgIpc) is 2.75. The first-order chi connectivity index (χ1) is 14.7. The van der Waals surface area contributed by atoms with E-state index in [0.717, 1.165) is 10.8 Å². The van der Waals surface area contributed by atoms with E-state index in [9.17, 15) is 27.6 Å². The molecule has 0 aliphatic carbocycles. The molecule has 2 N–H and O–H groups in total. The molecule has 0 unspecified atom stereocenters. The number of alkyl halides is 3. The van der Waals surface area contributed by atoms with Crippen LogP contribution in [0.2, 0.25) is 0 Å². The first-order valence-electron chi connectivity index (χ1n) is 9.48. The lowest BCUT2D eigenvalue weighted by atomic mass is 10.0. The van der Waals surface area contributed by atoms with Crippen LogP contribution in [0.4, 0.5) is 18.9 Å². The average molecular weight is 428 g/mol. The highest BCUT2D eigenvalue weighted by Gasteiger charge is 2.27. The highest BCUT2D eigenvalue weighted by atomic mass is 19.4. The Morgan fingerprint density at radius 1 is 0.774 bits per heavy atom. The van der Waals surface area contributed by atoms with Gasteiger partial charge in [0.1, 0.15) is 6.54 Å². The Morgan fingerprint density at radius 3 is 2.26 bits per heavy atom. The Bertz CT molecular complexity index is 1130. The molecule has 3 aromatic rings. The summed E-state index contributed by atoms with van der Waals surface area (Å²) in [5.41, 5.74) is 0.743. The molecule has 8 heteroatoms. The largest absolute Gasteiger partial charge is 0.405 e. The van der Waals surface area contributed by atoms with Gasteiger partial charge in [-0.2, -0.15) is 13.2 Å². The monoisotopic (exact) mass is 428 g/mol. The van der Waals surface area contributed by atoms with Crippen molar-refractivity contribution in [3.8, 4) is 0 Å². The molecule has 31 heavy (non-hydrogen) atoms. The fraction of sp³-hybridized carbons (Fsp3) is 0.174. The predicted molar refractivity (Wildman–Crippen MR) is 111 cm³/mol. The number of benzene rings is 3. The van der Waals surface area contributed by atoms with E-state index in [0.29, 0.717) is 5.56 Å². The predicted octanol–water partition coefficient (Wildman–Crippen LogP) is 4.73. The van der Waals surface area contributed by atoms with Gasteiger partial charge < -0.3 is 10.6 Å². The van der Waals surface area contributed by atoms with Gasteiger partial charge in [-0.25, -0.2) is 0 Å². The number of hydrogen-bond donors (Lipinski definition) is 2. The molecule has 0 heterocycles. The highest BCUT2D eigenvalue weighted by Crippen LogP contribution is 2.18. The molecule has 0 aliphatic heterocycles. The lowest BCUT2D eigenvalue weighted by molar-refractivity contribution is -0.123. The van der Waals surface area contributed by atoms with Gasteiger partial charge >= 0.3 is 6.18 Å². The molecule has 0 aromatic heterocycles. The Balaban J connectivity index is 1.55. The van der Waals surface area contributed by atoms with Crippen LogP contribution in [0.15, 0.2) is 66.7 Å². The number of halogens is 3. The third kappa shape index (κ3) is 6.40. The molecule has 2 amide bonds. The summed E-state index contributed by atoms with van der Waals surface area (Å²) in [6.45, 7) is -1.45. The number of amides is 2. The molecule has 5 nitrogen and oxygen atoms in total. The molecule has 0 radical (unpaired) electrons. The van der Waals surface area contributed by atoms with Crippen LogP contribution in [-0.2, 0) is 4.79 Å². The number of fused-ring (bicyclic) bond motifs is 1. The molecule has 3 aromatic carbocycles. The first kappa shape index (κ1) is 22.0. The van der Waals surface area contributed by atoms with Crippen LogP contribution in [0.1, 0.15) is 33.6 Å². The first-order valence-corrected chi connectivity index (χ1v) is 9.48. The number of Topliss-reactive ketones (excluding diaryl/α,β-unsaturated/α-hetero) is 1. The van der Waals surface area contributed by atoms with E-state index in [2.05, 4.69) is 5.32 Å². The van der Waals surface area contributed by atoms with Crippen molar-refractivity contribution in [2.45, 2.75) is 19.0 Å². The van der Waals surface area contributed by atoms with Crippen molar-refractivity contribution in [3.63, 3.8) is 0 Å². The molecule has 0 saturated heterocycles. The maximum absolute atomic E-state index is 12.4. The van der Waals surface area contributed by atoms with E-state index in [4.69, 9.17) is 0 Å². The molecule has 160 valence electrons. The quantitative estimate of drug-likeness (QED) is 0.534. The number of anilines is 1. The summed E-state index contributed by atoms with van der Waals surface area (Å²) in [7, 11) is 0. The standard InChI is InChI=1S/C23H19F3N2O3/c24-23(25,26)14-27-22(31)18-6-3-7-19(13-18)28-21(30)11-10-20(29)17-9-8-15-4-1-2-5-16(15)12-17/h1-9,12-13H,10-11,14H2,(H,27,31)(H,28,30). The van der Waals surface area contributed by atoms with E-state index >= 15 is 0 Å². The Morgan fingerprint density at radius 2 is 1.52 bits per heavy atom. The second kappa shape index (κ2) is 9.42. The molecule has 0 spiro atoms. The van der Waals surface area contributed by atoms with E-state index in [1.165, 1.54) is 24.3 Å². The molecule has 0 aliphatic rings. The van der Waals surface area contributed by atoms with Crippen LogP contribution in [0.5, 0.6) is 0 Å². The van der Waals surface area contributed by atoms with Crippen LogP contribution in [0, 0.1) is 0 Å². The van der Waals surface area contributed by atoms with Crippen molar-refractivity contribution < 1.29 is 27.6 Å². The van der Waals surface area contributed by atoms with Gasteiger partial charge in [0, 0.05) is 29.7 Å². The summed E-state index contributed by atoms with van der Waals surface area (Å²) in [5.74, 6) is -1.52. The SMILES string of the molecule is O=C(CCC(=O)c1ccc2ccccc2c1)Nc1cccc(C(=O)NCC(F)(F)F)c1. The van der Waals surface area contributed by atoms with Crippen molar-refractivity contribution >= 4 is 34.1 Å². The molecule has 0 fully saturated rings. The Labute approximate surface area is 176 Å². The Kier molecular flexibility index (Phi) is 6.69. The summed E-state index contributed by atoms with van der Waals surface area (Å²) in [5, 5.41) is 6.26. The number of carbonyl (C=O) groups is 3. The number of rotatable bonds is 7. The molecular weight excluding hydrogens is 409 g/mol. The second-order valence-corrected chi connectivity index (χ2v) is 6.91. The molecule has 3 rings (SSSR count). The fourth-order valence-corrected chi connectivity index (χ4v) is 2.98. The minimum absolute atomic E-state index is 0.00403. The van der Waals surface area contributed by atoms with Gasteiger partial charge in [0.05, 0.1) is 0 Å². The van der Waals surface area contributed by atoms with Gasteiger partial charge in [0.25, 0.3) is 5.91 Å². The van der Waals surface area contributed by atoms with E-state index in [-0.39, 0.29) is 29.9 Å². The van der Waals surface area contributed by atoms with Crippen LogP contribution >= 0.6 is 0 Å². The zero-order chi connectivity index (χ0) is 22.4. The van der Waals surface area contributed by atoms with Crippen molar-refractivity contribution in [1.29, 1.82) is 0 Å². The maximum atomic E-state index is 12.4. The van der Waals surface area contributed by atoms with Gasteiger partial charge in [0.2, 0.25) is 5.91 Å². The highest BCUT2D eigenvalue weighted by molar-refractivity contribution is 6.03. The van der Waals surface area contributed by atoms with Gasteiger partial charge in [-0.3, -0.25) is 14.4 Å². The smallest absolute Gasteiger partial charge is 0.343 e. The number of nitrogens with one attached hydrogen (secondary N) is 2. The van der Waals surface area contributed by atoms with Crippen molar-refractivity contribution in [2.24, 2.45) is 0 Å². The van der Waals surface area contributed by atoms with Crippen molar-refractivity contribution in [1.82, 2.24) is 5.32 Å². The summed E-state index contributed by atoms with van der Waals surface area (Å²) in [6, 6.07) is 18.5. The van der Waals surface area contributed by atoms with E-state index < -0.39 is 24.5 Å². The zero-order valence-electron chi connectivity index (χ0n) is 16.3. The van der Waals surface area contributed by atoms with Crippen LogP contribution < -0.4 is 10.6 Å². The van der Waals surface area contributed by atoms with Crippen molar-refractivity contribution in [3.05, 3.63) is 77.9 Å². The summed E-state index contributed by atoms with van der Waals surface area (Å²) < 4.78 is 36.7. The van der Waals surface area contributed by atoms with Crippen LogP contribution in [-0.4, -0.2) is 30.3 Å². The minimum atomic E-state index is -4.51. The van der Waals surface area contributed by atoms with Crippen LogP contribution in [0.25, 0.3) is 10.8 Å². The normalized spacial score (nSPS) is 11.2. The number of hydrogen-bond acceptors (Lipinski definition) is 3. The summed E-state index contributed by atoms with van der Waals surface area (Å²) in [4.78, 5) is 36.4. The fourth-order valence-electron chi connectivity index (χ4n) is 2.98. The van der Waals surface area contributed by atoms with Crippen LogP contribution in [0.3, 0.4) is 0 Å². The van der Waals surface area contributed by atoms with Gasteiger partial charge in [-0.15, -0.1) is 0 Å². The van der Waals surface area contributed by atoms with Gasteiger partial charge in [-0.05, 0) is 35.0 Å². The lowest BCUT2D eigenvalue weighted by Crippen LogP contribution is -2.33. The molecule has 0 bridgehead atoms. The summed E-state index contributed by atoms with van der Waals surface area (Å²) in [6.07, 6.45) is -4.59. The van der Waals surface area contributed by atoms with Gasteiger partial charge in [-0.1, -0.05) is 42.5 Å². The summed E-state index contributed by atoms with van der Waals surface area (Å²) >= 11 is 0. The second-order valence-electron chi connectivity index (χ2n) is 6.91. The third-order valence-electron chi connectivity index (χ3n) is 4.51. The van der Waals surface area contributed by atoms with E-state index in [1.807, 2.05) is 30.3 Å². The van der Waals surface area contributed by atoms with Crippen molar-refractivity contribution in [2.75, 3.05) is 11.9 Å². The van der Waals surface area contributed by atoms with E-state index in [1.54, 1.807) is 17.4 Å². The lowest BCUT2D eigenvalue weighted by Gasteiger charge is -2.10. The Hall–Kier alpha value is -3.68. The minimum Gasteiger partial charge on any atom is -0.343 e. The molecule has 0 saturated carbocycles. The topological polar surface area (TPSA) is 75.3 Å².